The summed E-state index contributed by atoms with van der Waals surface area (Å²) in [4.78, 5) is 16.8. The number of ether oxygens (including phenoxy) is 1. The van der Waals surface area contributed by atoms with Crippen molar-refractivity contribution in [3.63, 3.8) is 0 Å². The molecule has 0 amide bonds. The topological polar surface area (TPSA) is 67.7 Å². The summed E-state index contributed by atoms with van der Waals surface area (Å²) in [6, 6.07) is 21.8. The first-order chi connectivity index (χ1) is 15.9. The molecule has 4 rings (SSSR count). The highest BCUT2D eigenvalue weighted by Crippen LogP contribution is 2.39. The summed E-state index contributed by atoms with van der Waals surface area (Å²) >= 11 is 0. The largest absolute Gasteiger partial charge is 0.487 e. The number of hydrogen-bond donors (Lipinski definition) is 2. The third-order valence-electron chi connectivity index (χ3n) is 5.73. The third kappa shape index (κ3) is 6.62. The summed E-state index contributed by atoms with van der Waals surface area (Å²) in [5.74, 6) is 1.71. The maximum Gasteiger partial charge on any atom is 0.250 e. The molecule has 34 heavy (non-hydrogen) atoms. The van der Waals surface area contributed by atoms with Crippen molar-refractivity contribution < 1.29 is 4.74 Å². The number of rotatable bonds is 6. The lowest BCUT2D eigenvalue weighted by Crippen LogP contribution is -2.45. The highest BCUT2D eigenvalue weighted by molar-refractivity contribution is 14.0. The molecule has 1 aliphatic rings. The Hall–Kier alpha value is -2.81. The van der Waals surface area contributed by atoms with Gasteiger partial charge in [0.25, 0.3) is 5.56 Å². The molecule has 1 atom stereocenters. The summed E-state index contributed by atoms with van der Waals surface area (Å²) in [5, 5.41) is 6.98. The molecule has 0 aliphatic carbocycles. The van der Waals surface area contributed by atoms with Crippen LogP contribution in [0.25, 0.3) is 0 Å². The highest BCUT2D eigenvalue weighted by Gasteiger charge is 2.33. The van der Waals surface area contributed by atoms with E-state index < -0.39 is 0 Å². The van der Waals surface area contributed by atoms with Crippen molar-refractivity contribution in [2.24, 2.45) is 4.99 Å². The quantitative estimate of drug-likeness (QED) is 0.251. The van der Waals surface area contributed by atoms with Gasteiger partial charge in [0.05, 0.1) is 19.1 Å². The standard InChI is InChI=1S/C27H32N4O2.HI/c1-4-28-26(30-23-17-27(2,3)33-24-10-6-5-9-22(23)24)29-18-20-12-14-21(15-13-20)19-31-16-8-7-11-25(31)32;/h5-16,23H,4,17-19H2,1-3H3,(H2,28,29,30);1H. The van der Waals surface area contributed by atoms with Crippen LogP contribution in [0.3, 0.4) is 0 Å². The van der Waals surface area contributed by atoms with E-state index >= 15 is 0 Å². The van der Waals surface area contributed by atoms with E-state index in [0.29, 0.717) is 13.1 Å². The first kappa shape index (κ1) is 25.8. The molecule has 0 spiro atoms. The molecular formula is C27H33IN4O2. The minimum Gasteiger partial charge on any atom is -0.487 e. The number of aliphatic imine (C=N–C) groups is 1. The zero-order valence-corrected chi connectivity index (χ0v) is 22.3. The molecule has 1 aromatic heterocycles. The summed E-state index contributed by atoms with van der Waals surface area (Å²) in [5.41, 5.74) is 3.11. The summed E-state index contributed by atoms with van der Waals surface area (Å²) in [6.07, 6.45) is 2.66. The molecule has 2 N–H and O–H groups in total. The normalized spacial score (nSPS) is 16.6. The first-order valence-corrected chi connectivity index (χ1v) is 11.5. The second-order valence-corrected chi connectivity index (χ2v) is 8.98. The van der Waals surface area contributed by atoms with Crippen LogP contribution in [-0.4, -0.2) is 22.7 Å². The maximum atomic E-state index is 11.9. The highest BCUT2D eigenvalue weighted by atomic mass is 127. The van der Waals surface area contributed by atoms with E-state index in [4.69, 9.17) is 9.73 Å². The van der Waals surface area contributed by atoms with Crippen molar-refractivity contribution in [2.45, 2.75) is 51.9 Å². The fourth-order valence-electron chi connectivity index (χ4n) is 4.12. The predicted octanol–water partition coefficient (Wildman–Crippen LogP) is 4.87. The van der Waals surface area contributed by atoms with Crippen LogP contribution in [0.4, 0.5) is 0 Å². The van der Waals surface area contributed by atoms with Gasteiger partial charge in [0.1, 0.15) is 11.4 Å². The molecular weight excluding hydrogens is 539 g/mol. The summed E-state index contributed by atoms with van der Waals surface area (Å²) < 4.78 is 7.86. The Labute approximate surface area is 218 Å². The monoisotopic (exact) mass is 572 g/mol. The van der Waals surface area contributed by atoms with Gasteiger partial charge >= 0.3 is 0 Å². The van der Waals surface area contributed by atoms with Gasteiger partial charge in [-0.05, 0) is 44.0 Å². The van der Waals surface area contributed by atoms with E-state index in [2.05, 4.69) is 61.7 Å². The predicted molar refractivity (Wildman–Crippen MR) is 148 cm³/mol. The number of pyridine rings is 1. The van der Waals surface area contributed by atoms with Crippen LogP contribution < -0.4 is 20.9 Å². The van der Waals surface area contributed by atoms with Gasteiger partial charge in [-0.2, -0.15) is 0 Å². The van der Waals surface area contributed by atoms with Crippen LogP contribution in [0.2, 0.25) is 0 Å². The number of nitrogens with zero attached hydrogens (tertiary/aromatic N) is 2. The maximum absolute atomic E-state index is 11.9. The first-order valence-electron chi connectivity index (χ1n) is 11.5. The lowest BCUT2D eigenvalue weighted by molar-refractivity contribution is 0.0694. The van der Waals surface area contributed by atoms with Gasteiger partial charge in [0, 0.05) is 30.8 Å². The van der Waals surface area contributed by atoms with Gasteiger partial charge in [-0.3, -0.25) is 4.79 Å². The number of guanidine groups is 1. The van der Waals surface area contributed by atoms with Crippen molar-refractivity contribution in [1.29, 1.82) is 0 Å². The Morgan fingerprint density at radius 2 is 1.76 bits per heavy atom. The van der Waals surface area contributed by atoms with Gasteiger partial charge < -0.3 is 19.9 Å². The fraction of sp³-hybridized carbons (Fsp3) is 0.333. The summed E-state index contributed by atoms with van der Waals surface area (Å²) in [7, 11) is 0. The van der Waals surface area contributed by atoms with Gasteiger partial charge in [-0.25, -0.2) is 4.99 Å². The van der Waals surface area contributed by atoms with Crippen molar-refractivity contribution in [2.75, 3.05) is 6.54 Å². The van der Waals surface area contributed by atoms with Crippen LogP contribution in [0, 0.1) is 0 Å². The van der Waals surface area contributed by atoms with Crippen LogP contribution in [0.1, 0.15) is 49.9 Å². The molecule has 0 saturated heterocycles. The zero-order chi connectivity index (χ0) is 23.3. The van der Waals surface area contributed by atoms with E-state index in [1.165, 1.54) is 0 Å². The van der Waals surface area contributed by atoms with E-state index in [1.807, 2.05) is 30.5 Å². The molecule has 1 aliphatic heterocycles. The van der Waals surface area contributed by atoms with Crippen LogP contribution in [-0.2, 0) is 13.1 Å². The van der Waals surface area contributed by atoms with Gasteiger partial charge in [0.2, 0.25) is 0 Å². The average molecular weight is 572 g/mol. The van der Waals surface area contributed by atoms with E-state index in [9.17, 15) is 4.79 Å². The number of aromatic nitrogens is 1. The number of benzene rings is 2. The summed E-state index contributed by atoms with van der Waals surface area (Å²) in [6.45, 7) is 8.21. The number of nitrogens with one attached hydrogen (secondary N) is 2. The number of hydrogen-bond acceptors (Lipinski definition) is 3. The minimum atomic E-state index is -0.250. The molecule has 0 radical (unpaired) electrons. The van der Waals surface area contributed by atoms with Crippen LogP contribution in [0.15, 0.2) is 82.7 Å². The molecule has 2 heterocycles. The fourth-order valence-corrected chi connectivity index (χ4v) is 4.12. The Kier molecular flexibility index (Phi) is 8.77. The second-order valence-electron chi connectivity index (χ2n) is 8.98. The molecule has 3 aromatic rings. The van der Waals surface area contributed by atoms with Crippen LogP contribution >= 0.6 is 24.0 Å². The molecule has 2 aromatic carbocycles. The lowest BCUT2D eigenvalue weighted by atomic mass is 9.90. The van der Waals surface area contributed by atoms with E-state index in [-0.39, 0.29) is 41.2 Å². The SMILES string of the molecule is CCNC(=NCc1ccc(Cn2ccccc2=O)cc1)NC1CC(C)(C)Oc2ccccc21.I. The molecule has 0 bridgehead atoms. The Bertz CT molecular complexity index is 1170. The molecule has 0 fully saturated rings. The van der Waals surface area contributed by atoms with Crippen molar-refractivity contribution in [1.82, 2.24) is 15.2 Å². The van der Waals surface area contributed by atoms with Crippen molar-refractivity contribution in [3.8, 4) is 5.75 Å². The molecule has 6 nitrogen and oxygen atoms in total. The third-order valence-corrected chi connectivity index (χ3v) is 5.73. The molecule has 0 saturated carbocycles. The van der Waals surface area contributed by atoms with Gasteiger partial charge in [-0.1, -0.05) is 48.5 Å². The number of para-hydroxylation sites is 1. The Morgan fingerprint density at radius 1 is 1.06 bits per heavy atom. The zero-order valence-electron chi connectivity index (χ0n) is 20.0. The molecule has 1 unspecified atom stereocenters. The van der Waals surface area contributed by atoms with Crippen molar-refractivity contribution in [3.05, 3.63) is 100.0 Å². The molecule has 7 heteroatoms. The smallest absolute Gasteiger partial charge is 0.250 e. The Balaban J connectivity index is 0.00000324. The minimum absolute atomic E-state index is 0. The molecule has 180 valence electrons. The van der Waals surface area contributed by atoms with Crippen LogP contribution in [0.5, 0.6) is 5.75 Å². The van der Waals surface area contributed by atoms with Gasteiger partial charge in [0.15, 0.2) is 5.96 Å². The van der Waals surface area contributed by atoms with E-state index in [1.54, 1.807) is 16.7 Å². The lowest BCUT2D eigenvalue weighted by Gasteiger charge is -2.38. The average Bonchev–Trinajstić information content (AvgIpc) is 2.79. The Morgan fingerprint density at radius 3 is 2.50 bits per heavy atom. The number of fused-ring (bicyclic) bond motifs is 1. The van der Waals surface area contributed by atoms with Gasteiger partial charge in [-0.15, -0.1) is 24.0 Å². The van der Waals surface area contributed by atoms with E-state index in [0.717, 1.165) is 41.4 Å². The number of halogens is 1. The second kappa shape index (κ2) is 11.6. The van der Waals surface area contributed by atoms with Crippen molar-refractivity contribution >= 4 is 29.9 Å².